The van der Waals surface area contributed by atoms with E-state index >= 15 is 0 Å². The number of amides is 2. The predicted molar refractivity (Wildman–Crippen MR) is 121 cm³/mol. The maximum atomic E-state index is 13.1. The number of likely N-dealkylation sites (tertiary alicyclic amines) is 1. The van der Waals surface area contributed by atoms with Crippen molar-refractivity contribution in [2.24, 2.45) is 0 Å². The van der Waals surface area contributed by atoms with Crippen molar-refractivity contribution < 1.29 is 23.5 Å². The van der Waals surface area contributed by atoms with E-state index in [1.165, 1.54) is 11.2 Å². The third-order valence-corrected chi connectivity index (χ3v) is 7.27. The molecule has 5 rings (SSSR count). The third-order valence-electron chi connectivity index (χ3n) is 6.30. The molecule has 170 valence electrons. The Bertz CT molecular complexity index is 1140. The van der Waals surface area contributed by atoms with Gasteiger partial charge >= 0.3 is 5.97 Å². The van der Waals surface area contributed by atoms with E-state index in [1.54, 1.807) is 28.4 Å². The van der Waals surface area contributed by atoms with Gasteiger partial charge in [0.25, 0.3) is 11.8 Å². The molecular weight excluding hydrogens is 440 g/mol. The van der Waals surface area contributed by atoms with Gasteiger partial charge in [0, 0.05) is 24.4 Å². The van der Waals surface area contributed by atoms with Crippen molar-refractivity contribution in [3.05, 3.63) is 81.9 Å². The Morgan fingerprint density at radius 1 is 1.03 bits per heavy atom. The zero-order chi connectivity index (χ0) is 22.8. The van der Waals surface area contributed by atoms with Crippen LogP contribution in [-0.2, 0) is 27.3 Å². The molecule has 33 heavy (non-hydrogen) atoms. The topological polar surface area (TPSA) is 80.1 Å². The average Bonchev–Trinajstić information content (AvgIpc) is 3.63. The van der Waals surface area contributed by atoms with E-state index in [9.17, 15) is 14.4 Å². The van der Waals surface area contributed by atoms with Crippen LogP contribution in [0.1, 0.15) is 45.4 Å². The first kappa shape index (κ1) is 21.5. The number of ether oxygens (including phenoxy) is 1. The van der Waals surface area contributed by atoms with Crippen LogP contribution in [0.2, 0.25) is 0 Å². The molecule has 0 aliphatic carbocycles. The molecule has 0 saturated carbocycles. The molecule has 2 atom stereocenters. The van der Waals surface area contributed by atoms with Gasteiger partial charge in [0.05, 0.1) is 12.3 Å². The lowest BCUT2D eigenvalue weighted by molar-refractivity contribution is -0.156. The minimum absolute atomic E-state index is 0.0368. The van der Waals surface area contributed by atoms with Crippen molar-refractivity contribution in [1.29, 1.82) is 0 Å². The molecule has 1 fully saturated rings. The molecule has 2 aliphatic heterocycles. The van der Waals surface area contributed by atoms with E-state index in [0.717, 1.165) is 28.8 Å². The number of esters is 1. The van der Waals surface area contributed by atoms with Crippen molar-refractivity contribution in [3.8, 4) is 0 Å². The van der Waals surface area contributed by atoms with Crippen LogP contribution in [0, 0.1) is 0 Å². The molecule has 1 saturated heterocycles. The number of carbonyl (C=O) groups excluding carboxylic acids is 3. The maximum absolute atomic E-state index is 13.1. The molecule has 7 nitrogen and oxygen atoms in total. The average molecular weight is 465 g/mol. The second-order valence-electron chi connectivity index (χ2n) is 8.27. The molecule has 1 aromatic carbocycles. The van der Waals surface area contributed by atoms with Crippen molar-refractivity contribution in [2.45, 2.75) is 37.9 Å². The van der Waals surface area contributed by atoms with Crippen LogP contribution in [0.25, 0.3) is 0 Å². The van der Waals surface area contributed by atoms with E-state index in [0.29, 0.717) is 13.0 Å². The standard InChI is InChI=1S/C25H24N2O5S/c28-23(26-11-3-8-19(26)22-10-5-13-33-22)16-32-25(30)20-14-17-6-1-2-7-18(17)15-27(20)24(29)21-9-4-12-31-21/h1-2,4-7,9-10,12-13,19-20H,3,8,11,14-16H2. The summed E-state index contributed by atoms with van der Waals surface area (Å²) in [6.07, 6.45) is 3.59. The molecule has 0 spiro atoms. The second-order valence-corrected chi connectivity index (χ2v) is 9.25. The molecule has 2 amide bonds. The van der Waals surface area contributed by atoms with E-state index in [-0.39, 0.29) is 36.8 Å². The fourth-order valence-corrected chi connectivity index (χ4v) is 5.52. The highest BCUT2D eigenvalue weighted by Crippen LogP contribution is 2.34. The number of rotatable bonds is 5. The zero-order valence-electron chi connectivity index (χ0n) is 18.0. The highest BCUT2D eigenvalue weighted by atomic mass is 32.1. The van der Waals surface area contributed by atoms with Crippen LogP contribution in [0.3, 0.4) is 0 Å². The van der Waals surface area contributed by atoms with E-state index in [4.69, 9.17) is 9.15 Å². The Balaban J connectivity index is 1.29. The molecule has 2 aromatic heterocycles. The molecule has 3 aromatic rings. The van der Waals surface area contributed by atoms with E-state index < -0.39 is 12.0 Å². The largest absolute Gasteiger partial charge is 0.459 e. The second kappa shape index (κ2) is 9.23. The minimum atomic E-state index is -0.822. The molecule has 4 heterocycles. The number of hydrogen-bond acceptors (Lipinski definition) is 6. The summed E-state index contributed by atoms with van der Waals surface area (Å²) in [5.41, 5.74) is 1.97. The number of benzene rings is 1. The summed E-state index contributed by atoms with van der Waals surface area (Å²) in [7, 11) is 0. The zero-order valence-corrected chi connectivity index (χ0v) is 18.8. The molecule has 2 unspecified atom stereocenters. The molecule has 0 radical (unpaired) electrons. The van der Waals surface area contributed by atoms with Crippen molar-refractivity contribution >= 4 is 29.1 Å². The summed E-state index contributed by atoms with van der Waals surface area (Å²) in [6, 6.07) is 14.2. The van der Waals surface area contributed by atoms with Gasteiger partial charge in [0.2, 0.25) is 0 Å². The van der Waals surface area contributed by atoms with E-state index in [2.05, 4.69) is 0 Å². The molecule has 2 aliphatic rings. The summed E-state index contributed by atoms with van der Waals surface area (Å²) in [4.78, 5) is 43.5. The van der Waals surface area contributed by atoms with Gasteiger partial charge in [-0.15, -0.1) is 11.3 Å². The van der Waals surface area contributed by atoms with Gasteiger partial charge in [-0.1, -0.05) is 30.3 Å². The lowest BCUT2D eigenvalue weighted by Crippen LogP contribution is -2.49. The Morgan fingerprint density at radius 2 is 1.88 bits per heavy atom. The van der Waals surface area contributed by atoms with Gasteiger partial charge in [-0.05, 0) is 47.5 Å². The van der Waals surface area contributed by atoms with Gasteiger partial charge in [-0.25, -0.2) is 4.79 Å². The van der Waals surface area contributed by atoms with Crippen LogP contribution in [-0.4, -0.2) is 46.8 Å². The van der Waals surface area contributed by atoms with Crippen LogP contribution in [0.5, 0.6) is 0 Å². The lowest BCUT2D eigenvalue weighted by atomic mass is 9.93. The van der Waals surface area contributed by atoms with Crippen molar-refractivity contribution in [3.63, 3.8) is 0 Å². The van der Waals surface area contributed by atoms with Crippen molar-refractivity contribution in [1.82, 2.24) is 9.80 Å². The van der Waals surface area contributed by atoms with Gasteiger partial charge in [0.15, 0.2) is 12.4 Å². The fraction of sp³-hybridized carbons (Fsp3) is 0.320. The maximum Gasteiger partial charge on any atom is 0.329 e. The fourth-order valence-electron chi connectivity index (χ4n) is 4.64. The number of thiophene rings is 1. The predicted octanol–water partition coefficient (Wildman–Crippen LogP) is 3.82. The minimum Gasteiger partial charge on any atom is -0.459 e. The highest BCUT2D eigenvalue weighted by Gasteiger charge is 2.38. The van der Waals surface area contributed by atoms with Crippen LogP contribution < -0.4 is 0 Å². The molecule has 0 N–H and O–H groups in total. The number of carbonyl (C=O) groups is 3. The van der Waals surface area contributed by atoms with Crippen LogP contribution in [0.4, 0.5) is 0 Å². The first-order valence-corrected chi connectivity index (χ1v) is 11.9. The Kier molecular flexibility index (Phi) is 6.00. The van der Waals surface area contributed by atoms with Gasteiger partial charge in [-0.3, -0.25) is 9.59 Å². The number of furan rings is 1. The van der Waals surface area contributed by atoms with Crippen LogP contribution >= 0.6 is 11.3 Å². The van der Waals surface area contributed by atoms with Gasteiger partial charge in [0.1, 0.15) is 6.04 Å². The molecular formula is C25H24N2O5S. The number of nitrogens with zero attached hydrogens (tertiary/aromatic N) is 2. The van der Waals surface area contributed by atoms with Gasteiger partial charge < -0.3 is 19.0 Å². The highest BCUT2D eigenvalue weighted by molar-refractivity contribution is 7.10. The smallest absolute Gasteiger partial charge is 0.329 e. The summed E-state index contributed by atoms with van der Waals surface area (Å²) >= 11 is 1.63. The third kappa shape index (κ3) is 4.30. The van der Waals surface area contributed by atoms with Crippen molar-refractivity contribution in [2.75, 3.05) is 13.2 Å². The summed E-state index contributed by atoms with van der Waals surface area (Å²) in [5.74, 6) is -0.997. The SMILES string of the molecule is O=C(OCC(=O)N1CCCC1c1cccs1)C1Cc2ccccc2CN1C(=O)c1ccco1. The summed E-state index contributed by atoms with van der Waals surface area (Å²) < 4.78 is 10.8. The quantitative estimate of drug-likeness (QED) is 0.537. The van der Waals surface area contributed by atoms with Gasteiger partial charge in [-0.2, -0.15) is 0 Å². The summed E-state index contributed by atoms with van der Waals surface area (Å²) in [6.45, 7) is 0.594. The number of fused-ring (bicyclic) bond motifs is 1. The number of hydrogen-bond donors (Lipinski definition) is 0. The Morgan fingerprint density at radius 3 is 2.64 bits per heavy atom. The monoisotopic (exact) mass is 464 g/mol. The normalized spacial score (nSPS) is 19.9. The molecule has 8 heteroatoms. The van der Waals surface area contributed by atoms with E-state index in [1.807, 2.05) is 41.8 Å². The Hall–Kier alpha value is -3.39. The Labute approximate surface area is 195 Å². The summed E-state index contributed by atoms with van der Waals surface area (Å²) in [5, 5.41) is 2.00. The lowest BCUT2D eigenvalue weighted by Gasteiger charge is -2.35. The van der Waals surface area contributed by atoms with Crippen LogP contribution in [0.15, 0.2) is 64.6 Å². The first-order valence-electron chi connectivity index (χ1n) is 11.0. The molecule has 0 bridgehead atoms. The first-order chi connectivity index (χ1) is 16.1.